The molecule has 4 rings (SSSR count). The number of hydrogen-bond donors (Lipinski definition) is 0. The van der Waals surface area contributed by atoms with Gasteiger partial charge in [0.15, 0.2) is 0 Å². The van der Waals surface area contributed by atoms with Crippen LogP contribution in [0.15, 0.2) is 33.7 Å². The van der Waals surface area contributed by atoms with E-state index in [1.54, 1.807) is 23.4 Å². The first-order valence-electron chi connectivity index (χ1n) is 9.28. The third-order valence-corrected chi connectivity index (χ3v) is 4.68. The fourth-order valence-corrected chi connectivity index (χ4v) is 3.00. The van der Waals surface area contributed by atoms with Crippen molar-refractivity contribution in [3.63, 3.8) is 0 Å². The fraction of sp³-hybridized carbons (Fsp3) is 0.444. The minimum atomic E-state index is -0.0593. The van der Waals surface area contributed by atoms with E-state index in [1.807, 2.05) is 13.0 Å². The van der Waals surface area contributed by atoms with E-state index in [0.29, 0.717) is 31.3 Å². The maximum atomic E-state index is 12.4. The van der Waals surface area contributed by atoms with Gasteiger partial charge in [-0.1, -0.05) is 15.5 Å². The molecule has 3 aromatic heterocycles. The molecule has 1 saturated heterocycles. The third-order valence-electron chi connectivity index (χ3n) is 4.68. The molecule has 1 aliphatic rings. The van der Waals surface area contributed by atoms with E-state index in [9.17, 15) is 4.79 Å². The molecule has 0 saturated carbocycles. The van der Waals surface area contributed by atoms with Crippen molar-refractivity contribution in [1.82, 2.24) is 35.2 Å². The van der Waals surface area contributed by atoms with Crippen molar-refractivity contribution in [3.05, 3.63) is 41.8 Å². The van der Waals surface area contributed by atoms with Crippen LogP contribution in [0.5, 0.6) is 0 Å². The molecule has 1 amide bonds. The zero-order chi connectivity index (χ0) is 20.1. The maximum Gasteiger partial charge on any atom is 0.252 e. The van der Waals surface area contributed by atoms with Crippen LogP contribution in [0, 0.1) is 6.92 Å². The highest BCUT2D eigenvalue weighted by Gasteiger charge is 2.22. The van der Waals surface area contributed by atoms with Crippen LogP contribution in [-0.2, 0) is 22.7 Å². The third kappa shape index (κ3) is 4.81. The average molecular weight is 399 g/mol. The summed E-state index contributed by atoms with van der Waals surface area (Å²) in [6.45, 7) is 5.38. The van der Waals surface area contributed by atoms with Crippen molar-refractivity contribution in [2.75, 3.05) is 32.8 Å². The van der Waals surface area contributed by atoms with Crippen LogP contribution in [0.25, 0.3) is 11.4 Å². The highest BCUT2D eigenvalue weighted by molar-refractivity contribution is 5.77. The normalized spacial score (nSPS) is 15.0. The van der Waals surface area contributed by atoms with Crippen molar-refractivity contribution < 1.29 is 18.7 Å². The molecule has 11 nitrogen and oxygen atoms in total. The van der Waals surface area contributed by atoms with Crippen LogP contribution in [0.3, 0.4) is 0 Å². The summed E-state index contributed by atoms with van der Waals surface area (Å²) in [6.07, 6.45) is 3.32. The number of aromatic nitrogens is 5. The van der Waals surface area contributed by atoms with E-state index in [2.05, 4.69) is 30.3 Å². The fourth-order valence-electron chi connectivity index (χ4n) is 3.00. The highest BCUT2D eigenvalue weighted by Crippen LogP contribution is 2.14. The molecule has 0 aliphatic carbocycles. The molecule has 29 heavy (non-hydrogen) atoms. The molecule has 0 atom stereocenters. The molecular formula is C18H21N7O4. The summed E-state index contributed by atoms with van der Waals surface area (Å²) in [7, 11) is 0. The average Bonchev–Trinajstić information content (AvgIpc) is 3.38. The second-order valence-corrected chi connectivity index (χ2v) is 6.70. The summed E-state index contributed by atoms with van der Waals surface area (Å²) < 4.78 is 15.3. The molecule has 4 heterocycles. The standard InChI is InChI=1S/C18H21N7O4/c1-13-15(22-29-21-13)10-24-5-7-25(8-6-24)17(26)12-27-11-16-20-18(23-28-16)14-3-2-4-19-9-14/h2-4,9H,5-8,10-12H2,1H3. The van der Waals surface area contributed by atoms with Gasteiger partial charge in [0, 0.05) is 50.7 Å². The van der Waals surface area contributed by atoms with Gasteiger partial charge in [-0.25, -0.2) is 4.63 Å². The molecule has 0 spiro atoms. The predicted octanol–water partition coefficient (Wildman–Crippen LogP) is 0.684. The summed E-state index contributed by atoms with van der Waals surface area (Å²) in [5.74, 6) is 0.700. The second-order valence-electron chi connectivity index (χ2n) is 6.70. The summed E-state index contributed by atoms with van der Waals surface area (Å²) in [6, 6.07) is 3.64. The van der Waals surface area contributed by atoms with Gasteiger partial charge in [-0.3, -0.25) is 14.7 Å². The van der Waals surface area contributed by atoms with Gasteiger partial charge in [-0.2, -0.15) is 4.98 Å². The molecule has 0 bridgehead atoms. The highest BCUT2D eigenvalue weighted by atomic mass is 16.6. The zero-order valence-corrected chi connectivity index (χ0v) is 16.0. The van der Waals surface area contributed by atoms with Gasteiger partial charge in [0.1, 0.15) is 24.6 Å². The molecule has 1 aliphatic heterocycles. The van der Waals surface area contributed by atoms with Crippen molar-refractivity contribution >= 4 is 5.91 Å². The van der Waals surface area contributed by atoms with Gasteiger partial charge in [0.05, 0.1) is 0 Å². The molecule has 0 radical (unpaired) electrons. The number of rotatable bonds is 7. The molecule has 1 fully saturated rings. The van der Waals surface area contributed by atoms with Crippen LogP contribution in [0.4, 0.5) is 0 Å². The minimum absolute atomic E-state index is 0.0308. The predicted molar refractivity (Wildman–Crippen MR) is 98.1 cm³/mol. The summed E-state index contributed by atoms with van der Waals surface area (Å²) in [5, 5.41) is 11.6. The molecule has 11 heteroatoms. The van der Waals surface area contributed by atoms with E-state index < -0.39 is 0 Å². The summed E-state index contributed by atoms with van der Waals surface area (Å²) >= 11 is 0. The van der Waals surface area contributed by atoms with Crippen LogP contribution < -0.4 is 0 Å². The Morgan fingerprint density at radius 2 is 2.07 bits per heavy atom. The van der Waals surface area contributed by atoms with E-state index in [1.165, 1.54) is 0 Å². The largest absolute Gasteiger partial charge is 0.362 e. The lowest BCUT2D eigenvalue weighted by Gasteiger charge is -2.34. The first-order chi connectivity index (χ1) is 14.2. The number of ether oxygens (including phenoxy) is 1. The monoisotopic (exact) mass is 399 g/mol. The Bertz CT molecular complexity index is 935. The Labute approximate surface area is 166 Å². The number of hydrogen-bond acceptors (Lipinski definition) is 10. The molecule has 0 unspecified atom stereocenters. The van der Waals surface area contributed by atoms with Crippen molar-refractivity contribution in [2.45, 2.75) is 20.1 Å². The Hall–Kier alpha value is -3.18. The van der Waals surface area contributed by atoms with Crippen molar-refractivity contribution in [3.8, 4) is 11.4 Å². The summed E-state index contributed by atoms with van der Waals surface area (Å²) in [4.78, 5) is 24.6. The minimum Gasteiger partial charge on any atom is -0.362 e. The topological polar surface area (TPSA) is 124 Å². The number of amides is 1. The second kappa shape index (κ2) is 8.88. The number of pyridine rings is 1. The number of aryl methyl sites for hydroxylation is 1. The van der Waals surface area contributed by atoms with Gasteiger partial charge < -0.3 is 14.2 Å². The first kappa shape index (κ1) is 19.2. The lowest BCUT2D eigenvalue weighted by Crippen LogP contribution is -2.49. The number of carbonyl (C=O) groups excluding carboxylic acids is 1. The van der Waals surface area contributed by atoms with E-state index in [0.717, 1.165) is 30.0 Å². The van der Waals surface area contributed by atoms with Crippen molar-refractivity contribution in [2.24, 2.45) is 0 Å². The Morgan fingerprint density at radius 1 is 1.21 bits per heavy atom. The molecule has 0 aromatic carbocycles. The number of nitrogens with zero attached hydrogens (tertiary/aromatic N) is 7. The Kier molecular flexibility index (Phi) is 5.86. The van der Waals surface area contributed by atoms with E-state index >= 15 is 0 Å². The van der Waals surface area contributed by atoms with Gasteiger partial charge in [-0.15, -0.1) is 0 Å². The number of piperazine rings is 1. The van der Waals surface area contributed by atoms with Crippen molar-refractivity contribution in [1.29, 1.82) is 0 Å². The Balaban J connectivity index is 1.19. The van der Waals surface area contributed by atoms with Crippen LogP contribution in [0.1, 0.15) is 17.3 Å². The zero-order valence-electron chi connectivity index (χ0n) is 16.0. The molecule has 0 N–H and O–H groups in total. The van der Waals surface area contributed by atoms with Crippen LogP contribution in [0.2, 0.25) is 0 Å². The first-order valence-corrected chi connectivity index (χ1v) is 9.28. The lowest BCUT2D eigenvalue weighted by molar-refractivity contribution is -0.138. The van der Waals surface area contributed by atoms with Gasteiger partial charge >= 0.3 is 0 Å². The molecule has 3 aromatic rings. The van der Waals surface area contributed by atoms with Crippen LogP contribution in [-0.4, -0.2) is 73.9 Å². The SMILES string of the molecule is Cc1nonc1CN1CCN(C(=O)COCc2nc(-c3cccnc3)no2)CC1. The van der Waals surface area contributed by atoms with Gasteiger partial charge in [0.2, 0.25) is 11.7 Å². The quantitative estimate of drug-likeness (QED) is 0.560. The van der Waals surface area contributed by atoms with E-state index in [-0.39, 0.29) is 19.1 Å². The Morgan fingerprint density at radius 3 is 2.79 bits per heavy atom. The molecular weight excluding hydrogens is 378 g/mol. The smallest absolute Gasteiger partial charge is 0.252 e. The molecule has 152 valence electrons. The van der Waals surface area contributed by atoms with Gasteiger partial charge in [-0.05, 0) is 19.1 Å². The van der Waals surface area contributed by atoms with Crippen LogP contribution >= 0.6 is 0 Å². The van der Waals surface area contributed by atoms with Gasteiger partial charge in [0.25, 0.3) is 5.89 Å². The summed E-state index contributed by atoms with van der Waals surface area (Å²) in [5.41, 5.74) is 2.39. The maximum absolute atomic E-state index is 12.4. The lowest BCUT2D eigenvalue weighted by atomic mass is 10.2. The van der Waals surface area contributed by atoms with E-state index in [4.69, 9.17) is 13.9 Å². The number of carbonyl (C=O) groups is 1.